The first-order chi connectivity index (χ1) is 6.11. The van der Waals surface area contributed by atoms with E-state index in [1.807, 2.05) is 6.92 Å². The summed E-state index contributed by atoms with van der Waals surface area (Å²) in [6.45, 7) is 8.52. The monoisotopic (exact) mass is 202 g/mol. The summed E-state index contributed by atoms with van der Waals surface area (Å²) in [5.74, 6) is 3.24. The van der Waals surface area contributed by atoms with E-state index in [-0.39, 0.29) is 5.92 Å². The molecule has 0 bridgehead atoms. The highest BCUT2D eigenvalue weighted by Crippen LogP contribution is 2.13. The van der Waals surface area contributed by atoms with Crippen LogP contribution in [-0.4, -0.2) is 17.3 Å². The van der Waals surface area contributed by atoms with Crippen molar-refractivity contribution in [1.82, 2.24) is 0 Å². The topological polar surface area (TPSA) is 17.1 Å². The van der Waals surface area contributed by atoms with Crippen LogP contribution in [0, 0.1) is 11.8 Å². The summed E-state index contributed by atoms with van der Waals surface area (Å²) in [7, 11) is 0. The van der Waals surface area contributed by atoms with Crippen LogP contribution in [0.25, 0.3) is 0 Å². The number of hydrogen-bond donors (Lipinski definition) is 0. The van der Waals surface area contributed by atoms with Crippen molar-refractivity contribution in [3.63, 3.8) is 0 Å². The minimum Gasteiger partial charge on any atom is -0.298 e. The minimum absolute atomic E-state index is 0.254. The highest BCUT2D eigenvalue weighted by molar-refractivity contribution is 7.99. The van der Waals surface area contributed by atoms with Crippen molar-refractivity contribution in [3.05, 3.63) is 0 Å². The molecule has 1 nitrogen and oxygen atoms in total. The first-order valence-corrected chi connectivity index (χ1v) is 6.37. The Hall–Kier alpha value is 0.0200. The van der Waals surface area contributed by atoms with Gasteiger partial charge in [0.15, 0.2) is 0 Å². The van der Waals surface area contributed by atoms with Gasteiger partial charge < -0.3 is 0 Å². The Morgan fingerprint density at radius 2 is 1.85 bits per heavy atom. The van der Waals surface area contributed by atoms with Crippen molar-refractivity contribution < 1.29 is 4.79 Å². The lowest BCUT2D eigenvalue weighted by atomic mass is 10.1. The largest absolute Gasteiger partial charge is 0.298 e. The van der Waals surface area contributed by atoms with Gasteiger partial charge in [-0.1, -0.05) is 34.1 Å². The Bertz CT molecular complexity index is 145. The molecule has 0 saturated carbocycles. The zero-order chi connectivity index (χ0) is 10.3. The Balaban J connectivity index is 3.47. The standard InChI is InChI=1S/C11H22OS/c1-5-9(3)7-13-8-11(12)10(4)6-2/h9-10H,5-8H2,1-4H3. The van der Waals surface area contributed by atoms with Crippen LogP contribution in [0.3, 0.4) is 0 Å². The van der Waals surface area contributed by atoms with Crippen LogP contribution in [-0.2, 0) is 4.79 Å². The molecule has 0 amide bonds. The first kappa shape index (κ1) is 13.0. The number of carbonyl (C=O) groups excluding carboxylic acids is 1. The molecule has 0 aromatic rings. The molecule has 0 heterocycles. The molecule has 0 N–H and O–H groups in total. The average molecular weight is 202 g/mol. The van der Waals surface area contributed by atoms with Crippen molar-refractivity contribution in [3.8, 4) is 0 Å². The van der Waals surface area contributed by atoms with Crippen molar-refractivity contribution in [1.29, 1.82) is 0 Å². The smallest absolute Gasteiger partial charge is 0.145 e. The normalized spacial score (nSPS) is 15.4. The van der Waals surface area contributed by atoms with Gasteiger partial charge in [0.2, 0.25) is 0 Å². The Labute approximate surface area is 86.7 Å². The van der Waals surface area contributed by atoms with Gasteiger partial charge in [-0.25, -0.2) is 0 Å². The van der Waals surface area contributed by atoms with Crippen LogP contribution in [0.2, 0.25) is 0 Å². The average Bonchev–Trinajstić information content (AvgIpc) is 2.15. The van der Waals surface area contributed by atoms with Crippen molar-refractivity contribution in [2.45, 2.75) is 40.5 Å². The van der Waals surface area contributed by atoms with Crippen LogP contribution in [0.1, 0.15) is 40.5 Å². The number of hydrogen-bond acceptors (Lipinski definition) is 2. The van der Waals surface area contributed by atoms with Gasteiger partial charge in [-0.05, 0) is 18.1 Å². The summed E-state index contributed by atoms with van der Waals surface area (Å²) in [6, 6.07) is 0. The second-order valence-electron chi connectivity index (χ2n) is 3.80. The molecule has 0 aliphatic rings. The van der Waals surface area contributed by atoms with Gasteiger partial charge in [-0.3, -0.25) is 4.79 Å². The summed E-state index contributed by atoms with van der Waals surface area (Å²) >= 11 is 1.79. The fourth-order valence-corrected chi connectivity index (χ4v) is 2.09. The molecule has 0 rings (SSSR count). The van der Waals surface area contributed by atoms with Gasteiger partial charge in [0, 0.05) is 5.92 Å². The highest BCUT2D eigenvalue weighted by Gasteiger charge is 2.10. The zero-order valence-electron chi connectivity index (χ0n) is 9.30. The number of thioether (sulfide) groups is 1. The molecule has 0 aromatic heterocycles. The second-order valence-corrected chi connectivity index (χ2v) is 4.83. The van der Waals surface area contributed by atoms with E-state index in [0.717, 1.165) is 18.1 Å². The third-order valence-corrected chi connectivity index (χ3v) is 3.80. The molecule has 78 valence electrons. The summed E-state index contributed by atoms with van der Waals surface area (Å²) in [6.07, 6.45) is 2.19. The van der Waals surface area contributed by atoms with E-state index in [1.165, 1.54) is 6.42 Å². The Kier molecular flexibility index (Phi) is 7.44. The lowest BCUT2D eigenvalue weighted by molar-refractivity contribution is -0.119. The Morgan fingerprint density at radius 1 is 1.23 bits per heavy atom. The highest BCUT2D eigenvalue weighted by atomic mass is 32.2. The van der Waals surface area contributed by atoms with Gasteiger partial charge in [0.25, 0.3) is 0 Å². The van der Waals surface area contributed by atoms with E-state index in [2.05, 4.69) is 20.8 Å². The van der Waals surface area contributed by atoms with E-state index >= 15 is 0 Å². The van der Waals surface area contributed by atoms with Crippen LogP contribution >= 0.6 is 11.8 Å². The molecule has 2 atom stereocenters. The summed E-state index contributed by atoms with van der Waals surface area (Å²) in [4.78, 5) is 11.4. The number of ketones is 1. The molecule has 0 aliphatic heterocycles. The van der Waals surface area contributed by atoms with E-state index in [0.29, 0.717) is 11.5 Å². The maximum Gasteiger partial charge on any atom is 0.145 e. The zero-order valence-corrected chi connectivity index (χ0v) is 10.1. The number of carbonyl (C=O) groups is 1. The van der Waals surface area contributed by atoms with Crippen LogP contribution in [0.5, 0.6) is 0 Å². The molecule has 0 fully saturated rings. The van der Waals surface area contributed by atoms with E-state index in [9.17, 15) is 4.79 Å². The molecule has 2 unspecified atom stereocenters. The predicted molar refractivity (Wildman–Crippen MR) is 61.2 cm³/mol. The Morgan fingerprint density at radius 3 is 2.31 bits per heavy atom. The number of Topliss-reactive ketones (excluding diaryl/α,β-unsaturated/α-hetero) is 1. The molecular formula is C11H22OS. The lowest BCUT2D eigenvalue weighted by Gasteiger charge is -2.09. The van der Waals surface area contributed by atoms with Gasteiger partial charge in [-0.15, -0.1) is 0 Å². The van der Waals surface area contributed by atoms with Crippen molar-refractivity contribution in [2.75, 3.05) is 11.5 Å². The summed E-state index contributed by atoms with van der Waals surface area (Å²) in [5, 5.41) is 0. The summed E-state index contributed by atoms with van der Waals surface area (Å²) < 4.78 is 0. The quantitative estimate of drug-likeness (QED) is 0.629. The SMILES string of the molecule is CCC(C)CSCC(=O)C(C)CC. The van der Waals surface area contributed by atoms with Gasteiger partial charge in [0.1, 0.15) is 5.78 Å². The lowest BCUT2D eigenvalue weighted by Crippen LogP contribution is -2.13. The molecule has 13 heavy (non-hydrogen) atoms. The molecule has 0 saturated heterocycles. The molecule has 0 aromatic carbocycles. The van der Waals surface area contributed by atoms with Gasteiger partial charge >= 0.3 is 0 Å². The van der Waals surface area contributed by atoms with Crippen molar-refractivity contribution >= 4 is 17.5 Å². The second kappa shape index (κ2) is 7.43. The van der Waals surface area contributed by atoms with Crippen LogP contribution in [0.4, 0.5) is 0 Å². The third-order valence-electron chi connectivity index (χ3n) is 2.51. The first-order valence-electron chi connectivity index (χ1n) is 5.22. The molecule has 0 spiro atoms. The van der Waals surface area contributed by atoms with E-state index in [1.54, 1.807) is 11.8 Å². The minimum atomic E-state index is 0.254. The van der Waals surface area contributed by atoms with Crippen molar-refractivity contribution in [2.24, 2.45) is 11.8 Å². The maximum atomic E-state index is 11.4. The fraction of sp³-hybridized carbons (Fsp3) is 0.909. The summed E-state index contributed by atoms with van der Waals surface area (Å²) in [5.41, 5.74) is 0. The van der Waals surface area contributed by atoms with E-state index < -0.39 is 0 Å². The van der Waals surface area contributed by atoms with E-state index in [4.69, 9.17) is 0 Å². The molecule has 0 radical (unpaired) electrons. The van der Waals surface area contributed by atoms with Crippen LogP contribution in [0.15, 0.2) is 0 Å². The molecule has 2 heteroatoms. The fourth-order valence-electron chi connectivity index (χ4n) is 0.848. The molecule has 0 aliphatic carbocycles. The van der Waals surface area contributed by atoms with Crippen LogP contribution < -0.4 is 0 Å². The maximum absolute atomic E-state index is 11.4. The van der Waals surface area contributed by atoms with Gasteiger partial charge in [-0.2, -0.15) is 11.8 Å². The predicted octanol–water partition coefficient (Wildman–Crippen LogP) is 3.38. The van der Waals surface area contributed by atoms with Gasteiger partial charge in [0.05, 0.1) is 5.75 Å². The number of rotatable bonds is 7. The third kappa shape index (κ3) is 6.14. The molecular weight excluding hydrogens is 180 g/mol.